The van der Waals surface area contributed by atoms with Crippen LogP contribution in [0, 0.1) is 0 Å². The molecule has 108 valence electrons. The van der Waals surface area contributed by atoms with Crippen LogP contribution in [-0.4, -0.2) is 34.8 Å². The molecule has 0 amide bonds. The predicted octanol–water partition coefficient (Wildman–Crippen LogP) is 3.14. The van der Waals surface area contributed by atoms with E-state index in [-0.39, 0.29) is 24.1 Å². The van der Waals surface area contributed by atoms with Crippen LogP contribution in [0.5, 0.6) is 0 Å². The standard InChI is InChI=1S/C11H17F3N4S/c1-3-4-8-17-9(15-2)7-10(18-8)16-5-6-19-11(12,13)14/h7H,3-6H2,1-2H3,(H2,15,16,17,18). The Hall–Kier alpha value is -1.18. The molecule has 2 N–H and O–H groups in total. The van der Waals surface area contributed by atoms with Gasteiger partial charge in [-0.1, -0.05) is 6.92 Å². The first-order valence-electron chi connectivity index (χ1n) is 5.95. The molecular formula is C11H17F3N4S. The maximum atomic E-state index is 12.0. The summed E-state index contributed by atoms with van der Waals surface area (Å²) in [5.74, 6) is 1.83. The summed E-state index contributed by atoms with van der Waals surface area (Å²) in [7, 11) is 1.74. The molecule has 0 aliphatic rings. The summed E-state index contributed by atoms with van der Waals surface area (Å²) >= 11 is -0.0443. The van der Waals surface area contributed by atoms with Crippen molar-refractivity contribution >= 4 is 23.4 Å². The van der Waals surface area contributed by atoms with E-state index in [1.807, 2.05) is 6.92 Å². The molecule has 19 heavy (non-hydrogen) atoms. The van der Waals surface area contributed by atoms with Crippen molar-refractivity contribution in [2.45, 2.75) is 25.3 Å². The number of anilines is 2. The summed E-state index contributed by atoms with van der Waals surface area (Å²) in [6.45, 7) is 2.22. The van der Waals surface area contributed by atoms with Gasteiger partial charge in [0, 0.05) is 31.8 Å². The first kappa shape index (κ1) is 15.9. The van der Waals surface area contributed by atoms with Gasteiger partial charge in [0.05, 0.1) is 0 Å². The van der Waals surface area contributed by atoms with Crippen LogP contribution in [0.1, 0.15) is 19.2 Å². The Labute approximate surface area is 114 Å². The minimum Gasteiger partial charge on any atom is -0.373 e. The number of rotatable bonds is 7. The molecule has 1 rings (SSSR count). The number of aromatic nitrogens is 2. The maximum Gasteiger partial charge on any atom is 0.441 e. The lowest BCUT2D eigenvalue weighted by Gasteiger charge is -2.10. The molecule has 0 aliphatic carbocycles. The molecule has 0 atom stereocenters. The average Bonchev–Trinajstić information content (AvgIpc) is 2.34. The van der Waals surface area contributed by atoms with Gasteiger partial charge in [-0.2, -0.15) is 13.2 Å². The number of halogens is 3. The number of aryl methyl sites for hydroxylation is 1. The average molecular weight is 294 g/mol. The highest BCUT2D eigenvalue weighted by molar-refractivity contribution is 8.00. The van der Waals surface area contributed by atoms with Crippen LogP contribution >= 0.6 is 11.8 Å². The van der Waals surface area contributed by atoms with Crippen molar-refractivity contribution in [2.24, 2.45) is 0 Å². The van der Waals surface area contributed by atoms with Crippen LogP contribution in [-0.2, 0) is 6.42 Å². The number of hydrogen-bond donors (Lipinski definition) is 2. The lowest BCUT2D eigenvalue weighted by molar-refractivity contribution is -0.0327. The van der Waals surface area contributed by atoms with Crippen LogP contribution in [0.15, 0.2) is 6.07 Å². The topological polar surface area (TPSA) is 49.8 Å². The Morgan fingerprint density at radius 1 is 1.26 bits per heavy atom. The largest absolute Gasteiger partial charge is 0.441 e. The van der Waals surface area contributed by atoms with Crippen LogP contribution in [0.2, 0.25) is 0 Å². The maximum absolute atomic E-state index is 12.0. The van der Waals surface area contributed by atoms with Crippen LogP contribution in [0.4, 0.5) is 24.8 Å². The Morgan fingerprint density at radius 2 is 1.95 bits per heavy atom. The zero-order chi connectivity index (χ0) is 14.3. The molecule has 4 nitrogen and oxygen atoms in total. The number of alkyl halides is 3. The first-order chi connectivity index (χ1) is 8.94. The van der Waals surface area contributed by atoms with Crippen molar-refractivity contribution in [1.82, 2.24) is 9.97 Å². The summed E-state index contributed by atoms with van der Waals surface area (Å²) in [6.07, 6.45) is 1.65. The van der Waals surface area contributed by atoms with Crippen molar-refractivity contribution in [3.8, 4) is 0 Å². The third kappa shape index (κ3) is 6.51. The zero-order valence-electron chi connectivity index (χ0n) is 10.8. The fraction of sp³-hybridized carbons (Fsp3) is 0.636. The second-order valence-corrected chi connectivity index (χ2v) is 4.94. The van der Waals surface area contributed by atoms with Crippen molar-refractivity contribution in [1.29, 1.82) is 0 Å². The summed E-state index contributed by atoms with van der Waals surface area (Å²) in [6, 6.07) is 1.68. The molecule has 0 spiro atoms. The molecule has 0 fully saturated rings. The Balaban J connectivity index is 2.54. The summed E-state index contributed by atoms with van der Waals surface area (Å²) < 4.78 is 35.9. The second-order valence-electron chi connectivity index (χ2n) is 3.78. The molecule has 1 aromatic heterocycles. The minimum atomic E-state index is -4.18. The van der Waals surface area contributed by atoms with Crippen molar-refractivity contribution in [3.05, 3.63) is 11.9 Å². The summed E-state index contributed by atoms with van der Waals surface area (Å²) in [5.41, 5.74) is -4.18. The van der Waals surface area contributed by atoms with Crippen LogP contribution in [0.25, 0.3) is 0 Å². The fourth-order valence-electron chi connectivity index (χ4n) is 1.40. The summed E-state index contributed by atoms with van der Waals surface area (Å²) in [5, 5.41) is 5.78. The molecule has 8 heteroatoms. The first-order valence-corrected chi connectivity index (χ1v) is 6.93. The Morgan fingerprint density at radius 3 is 2.53 bits per heavy atom. The van der Waals surface area contributed by atoms with E-state index in [0.717, 1.165) is 12.8 Å². The predicted molar refractivity (Wildman–Crippen MR) is 72.6 cm³/mol. The third-order valence-corrected chi connectivity index (χ3v) is 2.91. The van der Waals surface area contributed by atoms with E-state index >= 15 is 0 Å². The van der Waals surface area contributed by atoms with E-state index in [0.29, 0.717) is 17.5 Å². The van der Waals surface area contributed by atoms with Gasteiger partial charge >= 0.3 is 5.51 Å². The normalized spacial score (nSPS) is 11.4. The van der Waals surface area contributed by atoms with E-state index in [2.05, 4.69) is 20.6 Å². The van der Waals surface area contributed by atoms with Gasteiger partial charge < -0.3 is 10.6 Å². The quantitative estimate of drug-likeness (QED) is 0.757. The molecular weight excluding hydrogens is 277 g/mol. The van der Waals surface area contributed by atoms with Crippen molar-refractivity contribution in [2.75, 3.05) is 30.0 Å². The van der Waals surface area contributed by atoms with E-state index in [1.54, 1.807) is 13.1 Å². The van der Waals surface area contributed by atoms with Gasteiger partial charge in [-0.15, -0.1) is 0 Å². The Kier molecular flexibility index (Phi) is 6.20. The number of hydrogen-bond acceptors (Lipinski definition) is 5. The third-order valence-electron chi connectivity index (χ3n) is 2.18. The molecule has 0 saturated heterocycles. The number of thioether (sulfide) groups is 1. The van der Waals surface area contributed by atoms with E-state index in [4.69, 9.17) is 0 Å². The molecule has 0 unspecified atom stereocenters. The SMILES string of the molecule is CCCc1nc(NC)cc(NCCSC(F)(F)F)n1. The van der Waals surface area contributed by atoms with E-state index < -0.39 is 5.51 Å². The van der Waals surface area contributed by atoms with Gasteiger partial charge in [0.2, 0.25) is 0 Å². The fourth-order valence-corrected chi connectivity index (χ4v) is 1.83. The lowest BCUT2D eigenvalue weighted by Crippen LogP contribution is -2.12. The minimum absolute atomic E-state index is 0.0443. The molecule has 1 aromatic rings. The molecule has 0 bridgehead atoms. The van der Waals surface area contributed by atoms with E-state index in [9.17, 15) is 13.2 Å². The number of nitrogens with one attached hydrogen (secondary N) is 2. The molecule has 0 aliphatic heterocycles. The molecule has 1 heterocycles. The highest BCUT2D eigenvalue weighted by Gasteiger charge is 2.27. The highest BCUT2D eigenvalue weighted by atomic mass is 32.2. The second kappa shape index (κ2) is 7.42. The smallest absolute Gasteiger partial charge is 0.373 e. The van der Waals surface area contributed by atoms with Crippen molar-refractivity contribution < 1.29 is 13.2 Å². The lowest BCUT2D eigenvalue weighted by atomic mass is 10.3. The van der Waals surface area contributed by atoms with E-state index in [1.165, 1.54) is 0 Å². The van der Waals surface area contributed by atoms with Crippen LogP contribution in [0.3, 0.4) is 0 Å². The zero-order valence-corrected chi connectivity index (χ0v) is 11.7. The summed E-state index contributed by atoms with van der Waals surface area (Å²) in [4.78, 5) is 8.51. The van der Waals surface area contributed by atoms with Gasteiger partial charge in [0.1, 0.15) is 17.5 Å². The highest BCUT2D eigenvalue weighted by Crippen LogP contribution is 2.29. The molecule has 0 saturated carbocycles. The van der Waals surface area contributed by atoms with Gasteiger partial charge in [-0.3, -0.25) is 0 Å². The molecule has 0 aromatic carbocycles. The Bertz CT molecular complexity index is 398. The van der Waals surface area contributed by atoms with Crippen LogP contribution < -0.4 is 10.6 Å². The van der Waals surface area contributed by atoms with Gasteiger partial charge in [-0.25, -0.2) is 9.97 Å². The van der Waals surface area contributed by atoms with Gasteiger partial charge in [-0.05, 0) is 18.2 Å². The van der Waals surface area contributed by atoms with Gasteiger partial charge in [0.25, 0.3) is 0 Å². The number of nitrogens with zero attached hydrogens (tertiary/aromatic N) is 2. The monoisotopic (exact) mass is 294 g/mol. The van der Waals surface area contributed by atoms with Crippen molar-refractivity contribution in [3.63, 3.8) is 0 Å². The molecule has 0 radical (unpaired) electrons. The van der Waals surface area contributed by atoms with Gasteiger partial charge in [0.15, 0.2) is 0 Å².